The number of carbonyl (C=O) groups is 1. The molecule has 5 aromatic rings. The maximum atomic E-state index is 12.5. The van der Waals surface area contributed by atoms with Crippen LogP contribution in [0.5, 0.6) is 0 Å². The van der Waals surface area contributed by atoms with Crippen molar-refractivity contribution in [2.75, 3.05) is 0 Å². The minimum atomic E-state index is -0.0781. The quantitative estimate of drug-likeness (QED) is 0.330. The van der Waals surface area contributed by atoms with Gasteiger partial charge in [0.05, 0.1) is 17.1 Å². The largest absolute Gasteiger partial charge is 0.352 e. The van der Waals surface area contributed by atoms with E-state index in [0.717, 1.165) is 21.7 Å². The molecule has 34 heavy (non-hydrogen) atoms. The topological polar surface area (TPSA) is 85.8 Å². The molecule has 1 N–H and O–H groups in total. The average Bonchev–Trinajstić information content (AvgIpc) is 3.64. The van der Waals surface area contributed by atoms with Crippen LogP contribution in [0.15, 0.2) is 88.9 Å². The lowest BCUT2D eigenvalue weighted by atomic mass is 10.1. The molecule has 5 rings (SSSR count). The van der Waals surface area contributed by atoms with Crippen molar-refractivity contribution in [3.05, 3.63) is 101 Å². The zero-order chi connectivity index (χ0) is 23.2. The van der Waals surface area contributed by atoms with Crippen molar-refractivity contribution in [2.45, 2.75) is 25.9 Å². The van der Waals surface area contributed by atoms with Crippen LogP contribution in [0.3, 0.4) is 0 Å². The molecule has 0 spiro atoms. The number of nitrogens with zero attached hydrogens (tertiary/aromatic N) is 4. The van der Waals surface area contributed by atoms with Crippen LogP contribution in [0.25, 0.3) is 22.0 Å². The third kappa shape index (κ3) is 5.29. The summed E-state index contributed by atoms with van der Waals surface area (Å²) in [5, 5.41) is 13.8. The molecular formula is C26H23N5O2S. The Balaban J connectivity index is 1.23. The number of carbonyl (C=O) groups excluding carboxylic acids is 1. The molecule has 2 aromatic carbocycles. The summed E-state index contributed by atoms with van der Waals surface area (Å²) < 4.78 is 7.21. The molecule has 0 aliphatic heterocycles. The summed E-state index contributed by atoms with van der Waals surface area (Å²) in [6.07, 6.45) is 2.66. The minimum absolute atomic E-state index is 0.0781. The first-order valence-corrected chi connectivity index (χ1v) is 11.9. The van der Waals surface area contributed by atoms with Crippen molar-refractivity contribution >= 4 is 17.2 Å². The molecule has 0 unspecified atom stereocenters. The molecule has 8 heteroatoms. The second kappa shape index (κ2) is 10.3. The first-order valence-electron chi connectivity index (χ1n) is 11.0. The lowest BCUT2D eigenvalue weighted by Gasteiger charge is -2.05. The maximum Gasteiger partial charge on any atom is 0.227 e. The van der Waals surface area contributed by atoms with E-state index in [4.69, 9.17) is 9.62 Å². The molecule has 3 heterocycles. The summed E-state index contributed by atoms with van der Waals surface area (Å²) in [5.41, 5.74) is 4.02. The Hall–Kier alpha value is -4.04. The highest BCUT2D eigenvalue weighted by Gasteiger charge is 2.14. The van der Waals surface area contributed by atoms with Crippen LogP contribution < -0.4 is 5.32 Å². The molecule has 170 valence electrons. The number of hydrogen-bond donors (Lipinski definition) is 1. The molecule has 0 saturated heterocycles. The van der Waals surface area contributed by atoms with E-state index in [-0.39, 0.29) is 12.3 Å². The number of aromatic nitrogens is 4. The summed E-state index contributed by atoms with van der Waals surface area (Å²) >= 11 is 1.55. The van der Waals surface area contributed by atoms with Gasteiger partial charge in [-0.05, 0) is 17.0 Å². The van der Waals surface area contributed by atoms with Crippen LogP contribution >= 0.6 is 11.3 Å². The van der Waals surface area contributed by atoms with Gasteiger partial charge in [-0.25, -0.2) is 0 Å². The van der Waals surface area contributed by atoms with E-state index in [2.05, 4.69) is 27.6 Å². The van der Waals surface area contributed by atoms with Crippen LogP contribution in [-0.2, 0) is 24.3 Å². The number of hydrogen-bond acceptors (Lipinski definition) is 6. The van der Waals surface area contributed by atoms with Gasteiger partial charge in [0.2, 0.25) is 17.6 Å². The second-order valence-corrected chi connectivity index (χ2v) is 8.77. The van der Waals surface area contributed by atoms with Gasteiger partial charge < -0.3 is 9.84 Å². The van der Waals surface area contributed by atoms with Gasteiger partial charge in [0.25, 0.3) is 0 Å². The Kier molecular flexibility index (Phi) is 6.58. The smallest absolute Gasteiger partial charge is 0.227 e. The Morgan fingerprint density at radius 3 is 2.56 bits per heavy atom. The molecule has 0 radical (unpaired) electrons. The van der Waals surface area contributed by atoms with E-state index in [1.54, 1.807) is 11.3 Å². The van der Waals surface area contributed by atoms with Crippen molar-refractivity contribution in [2.24, 2.45) is 0 Å². The van der Waals surface area contributed by atoms with Crippen LogP contribution in [0.2, 0.25) is 0 Å². The number of amides is 1. The van der Waals surface area contributed by atoms with Gasteiger partial charge >= 0.3 is 0 Å². The van der Waals surface area contributed by atoms with Gasteiger partial charge in [0.15, 0.2) is 0 Å². The van der Waals surface area contributed by atoms with Crippen molar-refractivity contribution < 1.29 is 9.32 Å². The number of rotatable bonds is 9. The Labute approximate surface area is 201 Å². The normalized spacial score (nSPS) is 10.9. The summed E-state index contributed by atoms with van der Waals surface area (Å²) in [5.74, 6) is 0.939. The second-order valence-electron chi connectivity index (χ2n) is 7.82. The van der Waals surface area contributed by atoms with E-state index in [9.17, 15) is 4.79 Å². The van der Waals surface area contributed by atoms with Crippen LogP contribution in [-0.4, -0.2) is 25.8 Å². The molecule has 0 fully saturated rings. The van der Waals surface area contributed by atoms with Gasteiger partial charge in [-0.2, -0.15) is 10.1 Å². The Morgan fingerprint density at radius 1 is 1.00 bits per heavy atom. The Bertz CT molecular complexity index is 1340. The monoisotopic (exact) mass is 469 g/mol. The van der Waals surface area contributed by atoms with Crippen molar-refractivity contribution in [3.8, 4) is 22.0 Å². The molecule has 1 amide bonds. The third-order valence-electron chi connectivity index (χ3n) is 5.32. The van der Waals surface area contributed by atoms with Crippen LogP contribution in [0.4, 0.5) is 0 Å². The van der Waals surface area contributed by atoms with Gasteiger partial charge in [-0.15, -0.1) is 11.3 Å². The van der Waals surface area contributed by atoms with E-state index in [1.165, 1.54) is 5.56 Å². The molecule has 3 aromatic heterocycles. The van der Waals surface area contributed by atoms with Crippen molar-refractivity contribution in [1.82, 2.24) is 25.2 Å². The van der Waals surface area contributed by atoms with Crippen LogP contribution in [0, 0.1) is 0 Å². The molecule has 0 bridgehead atoms. The highest BCUT2D eigenvalue weighted by molar-refractivity contribution is 7.13. The first-order chi connectivity index (χ1) is 16.7. The maximum absolute atomic E-state index is 12.5. The SMILES string of the molecule is O=C(CCc1nc(-c2cccs2)no1)NCc1cn(Cc2ccccc2)nc1-c1ccccc1. The molecule has 0 aliphatic rings. The Morgan fingerprint density at radius 2 is 1.79 bits per heavy atom. The molecule has 0 atom stereocenters. The lowest BCUT2D eigenvalue weighted by molar-refractivity contribution is -0.121. The van der Waals surface area contributed by atoms with Gasteiger partial charge in [-0.1, -0.05) is 71.9 Å². The molecule has 7 nitrogen and oxygen atoms in total. The van der Waals surface area contributed by atoms with Crippen LogP contribution in [0.1, 0.15) is 23.4 Å². The lowest BCUT2D eigenvalue weighted by Crippen LogP contribution is -2.23. The predicted molar refractivity (Wildman–Crippen MR) is 131 cm³/mol. The fourth-order valence-electron chi connectivity index (χ4n) is 3.65. The van der Waals surface area contributed by atoms with E-state index < -0.39 is 0 Å². The van der Waals surface area contributed by atoms with Crippen molar-refractivity contribution in [3.63, 3.8) is 0 Å². The fraction of sp³-hybridized carbons (Fsp3) is 0.154. The highest BCUT2D eigenvalue weighted by Crippen LogP contribution is 2.23. The summed E-state index contributed by atoms with van der Waals surface area (Å²) in [6, 6.07) is 24.1. The zero-order valence-electron chi connectivity index (χ0n) is 18.4. The van der Waals surface area contributed by atoms with Gasteiger partial charge in [-0.3, -0.25) is 9.48 Å². The minimum Gasteiger partial charge on any atom is -0.352 e. The summed E-state index contributed by atoms with van der Waals surface area (Å²) in [6.45, 7) is 1.06. The predicted octanol–water partition coefficient (Wildman–Crippen LogP) is 4.96. The number of aryl methyl sites for hydroxylation is 1. The van der Waals surface area contributed by atoms with Gasteiger partial charge in [0, 0.05) is 36.7 Å². The number of nitrogens with one attached hydrogen (secondary N) is 1. The molecule has 0 saturated carbocycles. The summed E-state index contributed by atoms with van der Waals surface area (Å²) in [4.78, 5) is 17.9. The standard InChI is InChI=1S/C26H23N5O2S/c32-23(13-14-24-28-26(30-33-24)22-12-7-15-34-22)27-16-21-18-31(17-19-8-3-1-4-9-19)29-25(21)20-10-5-2-6-11-20/h1-12,15,18H,13-14,16-17H2,(H,27,32). The average molecular weight is 470 g/mol. The highest BCUT2D eigenvalue weighted by atomic mass is 32.1. The third-order valence-corrected chi connectivity index (χ3v) is 6.19. The summed E-state index contributed by atoms with van der Waals surface area (Å²) in [7, 11) is 0. The molecular weight excluding hydrogens is 446 g/mol. The fourth-order valence-corrected chi connectivity index (χ4v) is 4.30. The van der Waals surface area contributed by atoms with E-state index >= 15 is 0 Å². The van der Waals surface area contributed by atoms with Gasteiger partial charge in [0.1, 0.15) is 0 Å². The molecule has 0 aliphatic carbocycles. The van der Waals surface area contributed by atoms with E-state index in [0.29, 0.717) is 31.2 Å². The van der Waals surface area contributed by atoms with Crippen molar-refractivity contribution in [1.29, 1.82) is 0 Å². The first kappa shape index (κ1) is 21.8. The number of benzene rings is 2. The van der Waals surface area contributed by atoms with E-state index in [1.807, 2.05) is 76.9 Å². The zero-order valence-corrected chi connectivity index (χ0v) is 19.2. The number of thiophene rings is 1.